The van der Waals surface area contributed by atoms with E-state index in [0.717, 1.165) is 6.54 Å². The largest absolute Gasteiger partial charge is 0.497 e. The summed E-state index contributed by atoms with van der Waals surface area (Å²) in [7, 11) is 3.15. The average Bonchev–Trinajstić information content (AvgIpc) is 3.04. The van der Waals surface area contributed by atoms with Gasteiger partial charge in [0.2, 0.25) is 11.8 Å². The molecule has 0 spiro atoms. The first-order valence-electron chi connectivity index (χ1n) is 9.02. The Hall–Kier alpha value is -2.28. The van der Waals surface area contributed by atoms with Gasteiger partial charge < -0.3 is 24.6 Å². The van der Waals surface area contributed by atoms with E-state index < -0.39 is 0 Å². The van der Waals surface area contributed by atoms with Gasteiger partial charge in [-0.3, -0.25) is 9.59 Å². The van der Waals surface area contributed by atoms with Crippen molar-refractivity contribution < 1.29 is 19.1 Å². The highest BCUT2D eigenvalue weighted by Gasteiger charge is 2.40. The highest BCUT2D eigenvalue weighted by molar-refractivity contribution is 6.00. The van der Waals surface area contributed by atoms with Crippen LogP contribution in [0.15, 0.2) is 18.2 Å². The van der Waals surface area contributed by atoms with Gasteiger partial charge >= 0.3 is 0 Å². The molecule has 26 heavy (non-hydrogen) atoms. The minimum absolute atomic E-state index is 0.0468. The number of rotatable bonds is 4. The van der Waals surface area contributed by atoms with E-state index >= 15 is 0 Å². The normalized spacial score (nSPS) is 26.2. The van der Waals surface area contributed by atoms with E-state index in [1.54, 1.807) is 37.3 Å². The summed E-state index contributed by atoms with van der Waals surface area (Å²) in [5, 5.41) is 3.38. The number of nitrogens with zero attached hydrogens (tertiary/aromatic N) is 2. The van der Waals surface area contributed by atoms with Gasteiger partial charge in [0.25, 0.3) is 0 Å². The zero-order chi connectivity index (χ0) is 18.8. The van der Waals surface area contributed by atoms with Crippen molar-refractivity contribution in [3.05, 3.63) is 18.2 Å². The Balaban J connectivity index is 1.77. The molecule has 2 heterocycles. The van der Waals surface area contributed by atoms with Crippen molar-refractivity contribution >= 4 is 17.5 Å². The van der Waals surface area contributed by atoms with Crippen LogP contribution in [-0.2, 0) is 9.59 Å². The van der Waals surface area contributed by atoms with Crippen LogP contribution in [0.1, 0.15) is 20.3 Å². The molecule has 0 saturated carbocycles. The Morgan fingerprint density at radius 3 is 2.42 bits per heavy atom. The molecular formula is C19H27N3O4. The van der Waals surface area contributed by atoms with Gasteiger partial charge in [0.15, 0.2) is 0 Å². The van der Waals surface area contributed by atoms with E-state index in [1.165, 1.54) is 0 Å². The second-order valence-electron chi connectivity index (χ2n) is 6.99. The van der Waals surface area contributed by atoms with E-state index in [9.17, 15) is 9.59 Å². The second-order valence-corrected chi connectivity index (χ2v) is 6.99. The number of carbonyl (C=O) groups excluding carboxylic acids is 2. The zero-order valence-electron chi connectivity index (χ0n) is 15.8. The van der Waals surface area contributed by atoms with E-state index in [2.05, 4.69) is 19.2 Å². The Morgan fingerprint density at radius 1 is 1.15 bits per heavy atom. The molecule has 1 aromatic rings. The average molecular weight is 361 g/mol. The van der Waals surface area contributed by atoms with Crippen molar-refractivity contribution in [2.45, 2.75) is 32.4 Å². The molecule has 2 saturated heterocycles. The molecule has 7 nitrogen and oxygen atoms in total. The summed E-state index contributed by atoms with van der Waals surface area (Å²) in [6.07, 6.45) is 0.239. The molecule has 2 fully saturated rings. The first-order chi connectivity index (χ1) is 12.4. The zero-order valence-corrected chi connectivity index (χ0v) is 15.8. The minimum Gasteiger partial charge on any atom is -0.497 e. The maximum atomic E-state index is 13.0. The van der Waals surface area contributed by atoms with Gasteiger partial charge in [-0.25, -0.2) is 0 Å². The molecule has 142 valence electrons. The fourth-order valence-corrected chi connectivity index (χ4v) is 3.67. The summed E-state index contributed by atoms with van der Waals surface area (Å²) < 4.78 is 10.6. The number of benzene rings is 1. The number of hydrogen-bond donors (Lipinski definition) is 1. The molecule has 0 aromatic heterocycles. The third kappa shape index (κ3) is 3.49. The number of ether oxygens (including phenoxy) is 2. The van der Waals surface area contributed by atoms with Gasteiger partial charge in [0, 0.05) is 56.3 Å². The third-order valence-corrected chi connectivity index (χ3v) is 5.44. The lowest BCUT2D eigenvalue weighted by molar-refractivity contribution is -0.139. The molecule has 1 aromatic carbocycles. The summed E-state index contributed by atoms with van der Waals surface area (Å²) in [5.74, 6) is 0.941. The van der Waals surface area contributed by atoms with Crippen LogP contribution in [0.4, 0.5) is 5.69 Å². The standard InChI is InChI=1S/C19H27N3O4/c1-12-13(2)21(6-5-20-12)19(24)14-7-18(23)22(11-14)15-8-16(25-3)10-17(9-15)26-4/h8-10,12-14,20H,5-7,11H2,1-4H3. The lowest BCUT2D eigenvalue weighted by Crippen LogP contribution is -2.58. The molecule has 0 aliphatic carbocycles. The van der Waals surface area contributed by atoms with Gasteiger partial charge in [0.05, 0.1) is 25.8 Å². The molecule has 0 bridgehead atoms. The first-order valence-corrected chi connectivity index (χ1v) is 9.02. The fraction of sp³-hybridized carbons (Fsp3) is 0.579. The maximum absolute atomic E-state index is 13.0. The molecular weight excluding hydrogens is 334 g/mol. The van der Waals surface area contributed by atoms with Crippen LogP contribution in [0.3, 0.4) is 0 Å². The highest BCUT2D eigenvalue weighted by atomic mass is 16.5. The van der Waals surface area contributed by atoms with E-state index in [1.807, 2.05) is 4.90 Å². The van der Waals surface area contributed by atoms with Crippen LogP contribution >= 0.6 is 0 Å². The first kappa shape index (κ1) is 18.5. The minimum atomic E-state index is -0.313. The second kappa shape index (κ2) is 7.53. The van der Waals surface area contributed by atoms with Gasteiger partial charge in [-0.1, -0.05) is 0 Å². The highest BCUT2D eigenvalue weighted by Crippen LogP contribution is 2.33. The molecule has 3 unspecified atom stereocenters. The van der Waals surface area contributed by atoms with E-state index in [4.69, 9.17) is 9.47 Å². The lowest BCUT2D eigenvalue weighted by Gasteiger charge is -2.39. The van der Waals surface area contributed by atoms with Crippen molar-refractivity contribution in [2.75, 3.05) is 38.8 Å². The summed E-state index contributed by atoms with van der Waals surface area (Å²) in [6, 6.07) is 5.73. The molecule has 0 radical (unpaired) electrons. The number of methoxy groups -OCH3 is 2. The van der Waals surface area contributed by atoms with Crippen molar-refractivity contribution in [1.29, 1.82) is 0 Å². The number of carbonyl (C=O) groups is 2. The van der Waals surface area contributed by atoms with Gasteiger partial charge in [-0.05, 0) is 13.8 Å². The molecule has 3 rings (SSSR count). The SMILES string of the molecule is COc1cc(OC)cc(N2CC(C(=O)N3CCNC(C)C3C)CC2=O)c1. The number of anilines is 1. The van der Waals surface area contributed by atoms with Gasteiger partial charge in [-0.15, -0.1) is 0 Å². The maximum Gasteiger partial charge on any atom is 0.228 e. The van der Waals surface area contributed by atoms with Crippen molar-refractivity contribution in [3.63, 3.8) is 0 Å². The molecule has 7 heteroatoms. The Bertz CT molecular complexity index is 671. The molecule has 2 aliphatic heterocycles. The van der Waals surface area contributed by atoms with Crippen LogP contribution in [0.5, 0.6) is 11.5 Å². The van der Waals surface area contributed by atoms with Crippen molar-refractivity contribution in [1.82, 2.24) is 10.2 Å². The Morgan fingerprint density at radius 2 is 1.81 bits per heavy atom. The smallest absolute Gasteiger partial charge is 0.228 e. The van der Waals surface area contributed by atoms with Crippen LogP contribution in [0.25, 0.3) is 0 Å². The van der Waals surface area contributed by atoms with Crippen molar-refractivity contribution in [3.8, 4) is 11.5 Å². The number of piperazine rings is 1. The predicted octanol–water partition coefficient (Wildman–Crippen LogP) is 1.27. The summed E-state index contributed by atoms with van der Waals surface area (Å²) in [6.45, 7) is 5.99. The topological polar surface area (TPSA) is 71.1 Å². The van der Waals surface area contributed by atoms with Crippen LogP contribution in [-0.4, -0.2) is 62.7 Å². The van der Waals surface area contributed by atoms with E-state index in [0.29, 0.717) is 30.3 Å². The predicted molar refractivity (Wildman–Crippen MR) is 98.6 cm³/mol. The number of hydrogen-bond acceptors (Lipinski definition) is 5. The van der Waals surface area contributed by atoms with E-state index in [-0.39, 0.29) is 36.2 Å². The summed E-state index contributed by atoms with van der Waals surface area (Å²) >= 11 is 0. The molecule has 2 aliphatic rings. The summed E-state index contributed by atoms with van der Waals surface area (Å²) in [4.78, 5) is 29.1. The fourth-order valence-electron chi connectivity index (χ4n) is 3.67. The van der Waals surface area contributed by atoms with Gasteiger partial charge in [-0.2, -0.15) is 0 Å². The Kier molecular flexibility index (Phi) is 5.36. The third-order valence-electron chi connectivity index (χ3n) is 5.44. The monoisotopic (exact) mass is 361 g/mol. The summed E-state index contributed by atoms with van der Waals surface area (Å²) in [5.41, 5.74) is 0.697. The quantitative estimate of drug-likeness (QED) is 0.874. The number of nitrogens with one attached hydrogen (secondary N) is 1. The molecule has 2 amide bonds. The van der Waals surface area contributed by atoms with Crippen LogP contribution in [0, 0.1) is 5.92 Å². The van der Waals surface area contributed by atoms with Crippen molar-refractivity contribution in [2.24, 2.45) is 5.92 Å². The number of amides is 2. The molecule has 1 N–H and O–H groups in total. The van der Waals surface area contributed by atoms with Gasteiger partial charge in [0.1, 0.15) is 11.5 Å². The Labute approximate surface area is 154 Å². The van der Waals surface area contributed by atoms with Crippen LogP contribution in [0.2, 0.25) is 0 Å². The lowest BCUT2D eigenvalue weighted by atomic mass is 10.0. The van der Waals surface area contributed by atoms with Crippen LogP contribution < -0.4 is 19.7 Å². The molecule has 3 atom stereocenters.